The number of pyridine rings is 1. The van der Waals surface area contributed by atoms with Crippen molar-refractivity contribution in [3.8, 4) is 5.75 Å². The normalized spacial score (nSPS) is 20.0. The molecule has 4 rings (SSSR count). The number of ether oxygens (including phenoxy) is 3. The number of aromatic nitrogens is 1. The zero-order valence-electron chi connectivity index (χ0n) is 18.7. The highest BCUT2D eigenvalue weighted by atomic mass is 16.6. The molecule has 2 aliphatic rings. The van der Waals surface area contributed by atoms with Crippen molar-refractivity contribution in [3.05, 3.63) is 64.1 Å². The van der Waals surface area contributed by atoms with E-state index >= 15 is 0 Å². The van der Waals surface area contributed by atoms with Crippen LogP contribution in [-0.2, 0) is 16.1 Å². The smallest absolute Gasteiger partial charge is 0.429 e. The van der Waals surface area contributed by atoms with Crippen LogP contribution in [0.3, 0.4) is 0 Å². The van der Waals surface area contributed by atoms with Crippen molar-refractivity contribution >= 4 is 6.09 Å². The van der Waals surface area contributed by atoms with E-state index in [-0.39, 0.29) is 30.0 Å². The van der Waals surface area contributed by atoms with E-state index in [1.165, 1.54) is 21.9 Å². The van der Waals surface area contributed by atoms with Crippen molar-refractivity contribution in [2.45, 2.75) is 51.9 Å². The van der Waals surface area contributed by atoms with Gasteiger partial charge in [0.1, 0.15) is 24.0 Å². The van der Waals surface area contributed by atoms with Gasteiger partial charge in [-0.25, -0.2) is 9.80 Å². The number of amides is 1. The minimum Gasteiger partial charge on any atom is -0.483 e. The predicted molar refractivity (Wildman–Crippen MR) is 118 cm³/mol. The lowest BCUT2D eigenvalue weighted by Crippen LogP contribution is -2.58. The topological polar surface area (TPSA) is 90.2 Å². The Morgan fingerprint density at radius 1 is 1.19 bits per heavy atom. The Morgan fingerprint density at radius 2 is 1.88 bits per heavy atom. The Morgan fingerprint density at radius 3 is 2.53 bits per heavy atom. The molecule has 1 amide bonds. The lowest BCUT2D eigenvalue weighted by molar-refractivity contribution is -0.0754. The van der Waals surface area contributed by atoms with E-state index in [9.17, 15) is 14.7 Å². The monoisotopic (exact) mass is 442 g/mol. The summed E-state index contributed by atoms with van der Waals surface area (Å²) in [6, 6.07) is 10.8. The first-order valence-corrected chi connectivity index (χ1v) is 10.9. The number of nitrogens with zero attached hydrogens (tertiary/aromatic N) is 2. The highest BCUT2D eigenvalue weighted by Crippen LogP contribution is 2.47. The molecule has 1 N–H and O–H groups in total. The number of aliphatic hydroxyl groups is 1. The van der Waals surface area contributed by atoms with Gasteiger partial charge in [0.05, 0.1) is 6.54 Å². The minimum atomic E-state index is -0.996. The van der Waals surface area contributed by atoms with Crippen LogP contribution in [0.15, 0.2) is 47.4 Å². The van der Waals surface area contributed by atoms with Gasteiger partial charge in [-0.3, -0.25) is 9.47 Å². The summed E-state index contributed by atoms with van der Waals surface area (Å²) in [5.41, 5.74) is -0.535. The fourth-order valence-corrected chi connectivity index (χ4v) is 4.29. The second kappa shape index (κ2) is 8.60. The third-order valence-electron chi connectivity index (χ3n) is 5.95. The molecule has 3 heterocycles. The van der Waals surface area contributed by atoms with Crippen LogP contribution in [0.5, 0.6) is 5.75 Å². The summed E-state index contributed by atoms with van der Waals surface area (Å²) in [4.78, 5) is 26.0. The third kappa shape index (κ3) is 4.38. The molecular weight excluding hydrogens is 412 g/mol. The number of carbonyl (C=O) groups is 1. The molecule has 1 atom stereocenters. The largest absolute Gasteiger partial charge is 0.483 e. The fraction of sp³-hybridized carbons (Fsp3) is 0.500. The van der Waals surface area contributed by atoms with Gasteiger partial charge in [0, 0.05) is 30.9 Å². The molecule has 1 saturated heterocycles. The highest BCUT2D eigenvalue weighted by Gasteiger charge is 2.50. The molecule has 172 valence electrons. The lowest BCUT2D eigenvalue weighted by atomic mass is 9.72. The number of hydrogen-bond donors (Lipinski definition) is 1. The van der Waals surface area contributed by atoms with Crippen molar-refractivity contribution in [1.82, 2.24) is 4.68 Å². The maximum atomic E-state index is 13.1. The van der Waals surface area contributed by atoms with Crippen LogP contribution in [0.2, 0.25) is 0 Å². The Bertz CT molecular complexity index is 1020. The molecule has 1 fully saturated rings. The SMILES string of the molecule is CC(C)(C)OC(=O)N1CC2(CCOCC2)C(O)c2c(OCc3ccccc3)c(=O)ccn21. The lowest BCUT2D eigenvalue weighted by Gasteiger charge is -2.49. The maximum Gasteiger partial charge on any atom is 0.429 e. The van der Waals surface area contributed by atoms with E-state index in [2.05, 4.69) is 0 Å². The average molecular weight is 443 g/mol. The predicted octanol–water partition coefficient (Wildman–Crippen LogP) is 3.14. The van der Waals surface area contributed by atoms with Crippen LogP contribution in [0.25, 0.3) is 0 Å². The number of hydrogen-bond acceptors (Lipinski definition) is 6. The Hall–Kier alpha value is -2.84. The zero-order chi connectivity index (χ0) is 22.9. The zero-order valence-corrected chi connectivity index (χ0v) is 18.7. The van der Waals surface area contributed by atoms with Gasteiger partial charge in [-0.15, -0.1) is 0 Å². The molecule has 8 nitrogen and oxygen atoms in total. The number of rotatable bonds is 3. The second-order valence-electron chi connectivity index (χ2n) is 9.43. The van der Waals surface area contributed by atoms with E-state index in [0.29, 0.717) is 26.1 Å². The first kappa shape index (κ1) is 22.4. The molecule has 0 bridgehead atoms. The van der Waals surface area contributed by atoms with Crippen molar-refractivity contribution in [3.63, 3.8) is 0 Å². The van der Waals surface area contributed by atoms with Gasteiger partial charge < -0.3 is 19.3 Å². The molecule has 0 radical (unpaired) electrons. The Labute approximate surface area is 187 Å². The molecule has 0 aliphatic carbocycles. The average Bonchev–Trinajstić information content (AvgIpc) is 2.76. The fourth-order valence-electron chi connectivity index (χ4n) is 4.29. The summed E-state index contributed by atoms with van der Waals surface area (Å²) in [5, 5.41) is 12.9. The molecule has 1 spiro atoms. The van der Waals surface area contributed by atoms with Gasteiger partial charge in [-0.2, -0.15) is 0 Å². The summed E-state index contributed by atoms with van der Waals surface area (Å²) >= 11 is 0. The van der Waals surface area contributed by atoms with Gasteiger partial charge in [0.2, 0.25) is 5.43 Å². The van der Waals surface area contributed by atoms with Crippen LogP contribution >= 0.6 is 0 Å². The van der Waals surface area contributed by atoms with E-state index < -0.39 is 23.2 Å². The molecule has 32 heavy (non-hydrogen) atoms. The van der Waals surface area contributed by atoms with Crippen LogP contribution in [0.1, 0.15) is 51.0 Å². The first-order valence-electron chi connectivity index (χ1n) is 10.9. The summed E-state index contributed by atoms with van der Waals surface area (Å²) < 4.78 is 18.6. The number of carbonyl (C=O) groups excluding carboxylic acids is 1. The number of aliphatic hydroxyl groups excluding tert-OH is 1. The Balaban J connectivity index is 1.78. The van der Waals surface area contributed by atoms with Crippen LogP contribution in [0, 0.1) is 5.41 Å². The van der Waals surface area contributed by atoms with Crippen LogP contribution in [-0.4, -0.2) is 41.2 Å². The van der Waals surface area contributed by atoms with Gasteiger partial charge in [0.15, 0.2) is 5.75 Å². The van der Waals surface area contributed by atoms with Crippen LogP contribution < -0.4 is 15.2 Å². The molecule has 1 unspecified atom stereocenters. The van der Waals surface area contributed by atoms with Crippen molar-refractivity contribution in [1.29, 1.82) is 0 Å². The Kier molecular flexibility index (Phi) is 6.01. The summed E-state index contributed by atoms with van der Waals surface area (Å²) in [7, 11) is 0. The highest BCUT2D eigenvalue weighted by molar-refractivity contribution is 5.79. The van der Waals surface area contributed by atoms with Gasteiger partial charge in [-0.1, -0.05) is 30.3 Å². The molecule has 2 aromatic rings. The maximum absolute atomic E-state index is 13.1. The van der Waals surface area contributed by atoms with Gasteiger partial charge >= 0.3 is 6.09 Å². The number of fused-ring (bicyclic) bond motifs is 1. The number of benzene rings is 1. The van der Waals surface area contributed by atoms with Crippen LogP contribution in [0.4, 0.5) is 4.79 Å². The first-order chi connectivity index (χ1) is 15.2. The van der Waals surface area contributed by atoms with Crippen molar-refractivity contribution < 1.29 is 24.1 Å². The van der Waals surface area contributed by atoms with Gasteiger partial charge in [-0.05, 0) is 39.2 Å². The molecule has 8 heteroatoms. The molecule has 1 aromatic carbocycles. The summed E-state index contributed by atoms with van der Waals surface area (Å²) in [6.45, 7) is 6.76. The van der Waals surface area contributed by atoms with E-state index in [0.717, 1.165) is 5.56 Å². The molecular formula is C24H30N2O6. The quantitative estimate of drug-likeness (QED) is 0.786. The van der Waals surface area contributed by atoms with E-state index in [4.69, 9.17) is 14.2 Å². The second-order valence-corrected chi connectivity index (χ2v) is 9.43. The minimum absolute atomic E-state index is 0.0444. The van der Waals surface area contributed by atoms with E-state index in [1.807, 2.05) is 30.3 Å². The molecule has 0 saturated carbocycles. The van der Waals surface area contributed by atoms with Crippen molar-refractivity contribution in [2.75, 3.05) is 24.8 Å². The van der Waals surface area contributed by atoms with Crippen molar-refractivity contribution in [2.24, 2.45) is 5.41 Å². The van der Waals surface area contributed by atoms with Gasteiger partial charge in [0.25, 0.3) is 0 Å². The molecule has 1 aromatic heterocycles. The van der Waals surface area contributed by atoms with E-state index in [1.54, 1.807) is 20.8 Å². The molecule has 2 aliphatic heterocycles. The standard InChI is InChI=1S/C24H30N2O6/c1-23(2,3)32-22(29)26-16-24(10-13-30-14-11-24)21(28)19-20(18(27)9-12-25(19)26)31-15-17-7-5-4-6-8-17/h4-9,12,21,28H,10-11,13-16H2,1-3H3. The summed E-state index contributed by atoms with van der Waals surface area (Å²) in [6.07, 6.45) is 1.05. The third-order valence-corrected chi connectivity index (χ3v) is 5.95. The summed E-state index contributed by atoms with van der Waals surface area (Å²) in [5.74, 6) is 0.0444.